The Morgan fingerprint density at radius 2 is 1.91 bits per heavy atom. The van der Waals surface area contributed by atoms with Gasteiger partial charge in [0.1, 0.15) is 47.8 Å². The van der Waals surface area contributed by atoms with Crippen molar-refractivity contribution in [3.8, 4) is 17.3 Å². The minimum absolute atomic E-state index is 0.00681. The summed E-state index contributed by atoms with van der Waals surface area (Å²) in [6.07, 6.45) is 2.59. The number of aromatic nitrogens is 5. The first-order valence-corrected chi connectivity index (χ1v) is 21.7. The highest BCUT2D eigenvalue weighted by Crippen LogP contribution is 2.38. The minimum Gasteiger partial charge on any atom is -0.457 e. The minimum atomic E-state index is -1.27. The van der Waals surface area contributed by atoms with Crippen molar-refractivity contribution in [2.45, 2.75) is 71.4 Å². The Labute approximate surface area is 318 Å². The molecule has 1 aliphatic rings. The zero-order valence-corrected chi connectivity index (χ0v) is 33.0. The molecule has 5 aromatic rings. The highest BCUT2D eigenvalue weighted by atomic mass is 35.5. The maximum absolute atomic E-state index is 16.9. The van der Waals surface area contributed by atoms with Crippen LogP contribution < -0.4 is 9.64 Å². The summed E-state index contributed by atoms with van der Waals surface area (Å²) < 4.78 is 50.9. The Morgan fingerprint density at radius 1 is 1.11 bits per heavy atom. The van der Waals surface area contributed by atoms with Crippen LogP contribution in [0.1, 0.15) is 26.5 Å². The van der Waals surface area contributed by atoms with E-state index >= 15 is 4.39 Å². The molecule has 3 aromatic heterocycles. The first-order valence-electron chi connectivity index (χ1n) is 17.7. The van der Waals surface area contributed by atoms with E-state index < -0.39 is 37.4 Å². The number of ether oxygens (including phenoxy) is 3. The average Bonchev–Trinajstić information content (AvgIpc) is 3.57. The molecule has 1 fully saturated rings. The van der Waals surface area contributed by atoms with Crippen molar-refractivity contribution in [2.24, 2.45) is 0 Å². The topological polar surface area (TPSA) is 112 Å². The van der Waals surface area contributed by atoms with Gasteiger partial charge < -0.3 is 24.0 Å². The predicted octanol–water partition coefficient (Wildman–Crippen LogP) is 8.21. The highest BCUT2D eigenvalue weighted by Gasteiger charge is 2.36. The summed E-state index contributed by atoms with van der Waals surface area (Å²) in [5.74, 6) is -1.10. The molecule has 0 unspecified atom stereocenters. The number of hydrogen-bond donors (Lipinski definition) is 0. The predicted molar refractivity (Wildman–Crippen MR) is 206 cm³/mol. The second-order valence-corrected chi connectivity index (χ2v) is 21.4. The lowest BCUT2D eigenvalue weighted by atomic mass is 10.0. The Hall–Kier alpha value is -4.91. The van der Waals surface area contributed by atoms with Gasteiger partial charge in [0.05, 0.1) is 16.1 Å². The zero-order chi connectivity index (χ0) is 38.8. The van der Waals surface area contributed by atoms with Gasteiger partial charge in [0.15, 0.2) is 5.82 Å². The molecule has 4 heterocycles. The van der Waals surface area contributed by atoms with Gasteiger partial charge in [0, 0.05) is 57.7 Å². The maximum Gasteiger partial charge on any atom is 0.410 e. The summed E-state index contributed by atoms with van der Waals surface area (Å²) in [6, 6.07) is 10.1. The van der Waals surface area contributed by atoms with Crippen molar-refractivity contribution in [3.05, 3.63) is 82.6 Å². The molecular weight excluding hydrogens is 734 g/mol. The van der Waals surface area contributed by atoms with E-state index in [1.54, 1.807) is 66.9 Å². The average molecular weight is 777 g/mol. The van der Waals surface area contributed by atoms with E-state index in [4.69, 9.17) is 37.4 Å². The quantitative estimate of drug-likeness (QED) is 0.0745. The smallest absolute Gasteiger partial charge is 0.410 e. The monoisotopic (exact) mass is 776 g/mol. The molecule has 0 N–H and O–H groups in total. The molecule has 1 amide bonds. The fourth-order valence-electron chi connectivity index (χ4n) is 6.16. The summed E-state index contributed by atoms with van der Waals surface area (Å²) in [7, 11) is -1.27. The third-order valence-corrected chi connectivity index (χ3v) is 11.0. The molecule has 54 heavy (non-hydrogen) atoms. The maximum atomic E-state index is 16.9. The van der Waals surface area contributed by atoms with Crippen LogP contribution in [0.3, 0.4) is 0 Å². The van der Waals surface area contributed by atoms with Gasteiger partial charge in [0.25, 0.3) is 0 Å². The van der Waals surface area contributed by atoms with Gasteiger partial charge in [-0.3, -0.25) is 9.88 Å². The molecule has 0 saturated carbocycles. The summed E-state index contributed by atoms with van der Waals surface area (Å²) in [4.78, 5) is 33.9. The number of pyridine rings is 1. The SMILES string of the molecule is [C-]#[N+]C[C@H]1CN(c2nc(OCc3ccnn3COCC[Si](C)(C)C)nc3c(F)c(-c4cccc5ccc(F)c(Cl)c45)ncc23)CCN1C(=O)OC(C)(C)C. The number of piperazine rings is 1. The summed E-state index contributed by atoms with van der Waals surface area (Å²) in [5, 5.41) is 5.44. The van der Waals surface area contributed by atoms with Gasteiger partial charge in [-0.2, -0.15) is 15.1 Å². The van der Waals surface area contributed by atoms with E-state index in [0.29, 0.717) is 41.0 Å². The van der Waals surface area contributed by atoms with Gasteiger partial charge >= 0.3 is 12.1 Å². The summed E-state index contributed by atoms with van der Waals surface area (Å²) in [5.41, 5.74) is 0.108. The molecule has 1 aliphatic heterocycles. The second-order valence-electron chi connectivity index (χ2n) is 15.4. The van der Waals surface area contributed by atoms with Crippen molar-refractivity contribution in [3.63, 3.8) is 0 Å². The number of rotatable bonds is 11. The lowest BCUT2D eigenvalue weighted by molar-refractivity contribution is 0.0155. The molecule has 0 bridgehead atoms. The lowest BCUT2D eigenvalue weighted by Crippen LogP contribution is -2.57. The van der Waals surface area contributed by atoms with Gasteiger partial charge in [-0.15, -0.1) is 0 Å². The standard InChI is InChI=1S/C38H43ClF2N8O4Si/c1-38(2,3)53-37(50)48-16-15-47(21-26(48)19-42-4)35-28-20-43-33(27-10-8-9-24-11-12-29(40)31(39)30(24)27)32(41)34(28)45-36(46-35)52-22-25-13-14-44-49(25)23-51-17-18-54(5,6)7/h8-14,20,26H,15-19,21-23H2,1-3,5-7H3/t26-/m0/s1. The van der Waals surface area contributed by atoms with Crippen molar-refractivity contribution in [1.82, 2.24) is 29.6 Å². The number of nitrogens with zero attached hydrogens (tertiary/aromatic N) is 8. The van der Waals surface area contributed by atoms with Crippen LogP contribution in [0.5, 0.6) is 6.01 Å². The fraction of sp³-hybridized carbons (Fsp3) is 0.421. The van der Waals surface area contributed by atoms with Crippen LogP contribution in [0, 0.1) is 18.2 Å². The Kier molecular flexibility index (Phi) is 11.4. The van der Waals surface area contributed by atoms with Gasteiger partial charge in [-0.25, -0.2) is 24.8 Å². The number of carbonyl (C=O) groups excluding carboxylic acids is 1. The molecular formula is C38H43ClF2N8O4Si. The molecule has 16 heteroatoms. The lowest BCUT2D eigenvalue weighted by Gasteiger charge is -2.40. The van der Waals surface area contributed by atoms with Crippen molar-refractivity contribution >= 4 is 53.3 Å². The van der Waals surface area contributed by atoms with E-state index in [0.717, 1.165) is 6.04 Å². The Balaban J connectivity index is 1.38. The van der Waals surface area contributed by atoms with Crippen LogP contribution >= 0.6 is 11.6 Å². The molecule has 0 radical (unpaired) electrons. The molecule has 0 spiro atoms. The molecule has 0 aliphatic carbocycles. The van der Waals surface area contributed by atoms with Crippen molar-refractivity contribution in [2.75, 3.05) is 37.7 Å². The zero-order valence-electron chi connectivity index (χ0n) is 31.2. The molecule has 12 nitrogen and oxygen atoms in total. The molecule has 1 atom stereocenters. The fourth-order valence-corrected chi connectivity index (χ4v) is 7.19. The molecule has 6 rings (SSSR count). The number of anilines is 1. The van der Waals surface area contributed by atoms with E-state index in [2.05, 4.69) is 39.6 Å². The van der Waals surface area contributed by atoms with Gasteiger partial charge in [0.2, 0.25) is 6.54 Å². The third-order valence-electron chi connectivity index (χ3n) is 8.91. The third kappa shape index (κ3) is 8.72. The summed E-state index contributed by atoms with van der Waals surface area (Å²) in [6.45, 7) is 21.4. The van der Waals surface area contributed by atoms with Crippen LogP contribution in [0.4, 0.5) is 19.4 Å². The van der Waals surface area contributed by atoms with Crippen molar-refractivity contribution in [1.29, 1.82) is 0 Å². The second kappa shape index (κ2) is 15.8. The largest absolute Gasteiger partial charge is 0.457 e. The van der Waals surface area contributed by atoms with Gasteiger partial charge in [-0.05, 0) is 44.3 Å². The Bertz CT molecular complexity index is 2220. The van der Waals surface area contributed by atoms with Crippen LogP contribution in [-0.2, 0) is 22.8 Å². The highest BCUT2D eigenvalue weighted by molar-refractivity contribution is 6.76. The van der Waals surface area contributed by atoms with E-state index in [-0.39, 0.29) is 60.6 Å². The van der Waals surface area contributed by atoms with E-state index in [1.165, 1.54) is 12.3 Å². The number of carbonyl (C=O) groups is 1. The first kappa shape index (κ1) is 38.8. The van der Waals surface area contributed by atoms with E-state index in [9.17, 15) is 9.18 Å². The van der Waals surface area contributed by atoms with E-state index in [1.807, 2.05) is 4.90 Å². The van der Waals surface area contributed by atoms with Crippen LogP contribution in [-0.4, -0.2) is 88.2 Å². The van der Waals surface area contributed by atoms with Crippen LogP contribution in [0.2, 0.25) is 30.7 Å². The summed E-state index contributed by atoms with van der Waals surface area (Å²) >= 11 is 6.43. The van der Waals surface area contributed by atoms with Crippen molar-refractivity contribution < 1.29 is 27.8 Å². The number of hydrogen-bond acceptors (Lipinski definition) is 9. The number of amides is 1. The first-order chi connectivity index (χ1) is 25.6. The molecule has 2 aromatic carbocycles. The van der Waals surface area contributed by atoms with Crippen LogP contribution in [0.15, 0.2) is 48.8 Å². The molecule has 284 valence electrons. The van der Waals surface area contributed by atoms with Gasteiger partial charge in [-0.1, -0.05) is 55.5 Å². The Morgan fingerprint density at radius 3 is 2.65 bits per heavy atom. The normalized spacial score (nSPS) is 15.1. The number of benzene rings is 2. The van der Waals surface area contributed by atoms with Crippen LogP contribution in [0.25, 0.3) is 37.8 Å². The number of halogens is 3. The molecule has 1 saturated heterocycles. The number of fused-ring (bicyclic) bond motifs is 2.